The average molecular weight is 393 g/mol. The Morgan fingerprint density at radius 3 is 1.88 bits per heavy atom. The average Bonchev–Trinajstić information content (AvgIpc) is 2.59. The van der Waals surface area contributed by atoms with Crippen LogP contribution in [0.4, 0.5) is 5.69 Å². The molecule has 1 N–H and O–H groups in total. The van der Waals surface area contributed by atoms with Crippen LogP contribution < -0.4 is 5.32 Å². The molecule has 0 aromatic heterocycles. The van der Waals surface area contributed by atoms with Gasteiger partial charge >= 0.3 is 7.60 Å². The van der Waals surface area contributed by atoms with E-state index in [-0.39, 0.29) is 12.2 Å². The molecule has 6 heteroatoms. The van der Waals surface area contributed by atoms with Crippen molar-refractivity contribution in [1.29, 1.82) is 0 Å². The van der Waals surface area contributed by atoms with E-state index in [1.54, 1.807) is 11.8 Å². The Bertz CT molecular complexity index is 706. The topological polar surface area (TPSA) is 47.6 Å². The highest BCUT2D eigenvalue weighted by atomic mass is 32.2. The van der Waals surface area contributed by atoms with Gasteiger partial charge in [0.25, 0.3) is 0 Å². The molecule has 0 fully saturated rings. The van der Waals surface area contributed by atoms with Gasteiger partial charge in [-0.15, -0.1) is 11.8 Å². The molecular weight excluding hydrogens is 365 g/mol. The number of benzene rings is 2. The van der Waals surface area contributed by atoms with Crippen molar-refractivity contribution in [3.05, 3.63) is 60.2 Å². The van der Waals surface area contributed by atoms with Crippen molar-refractivity contribution in [2.24, 2.45) is 0 Å². The number of hydrogen-bond acceptors (Lipinski definition) is 5. The molecule has 0 bridgehead atoms. The number of para-hydroxylation sites is 1. The Kier molecular flexibility index (Phi) is 7.78. The summed E-state index contributed by atoms with van der Waals surface area (Å²) in [6.07, 6.45) is 1.60. The monoisotopic (exact) mass is 393 g/mol. The molecule has 0 heterocycles. The van der Waals surface area contributed by atoms with E-state index in [4.69, 9.17) is 9.05 Å². The van der Waals surface area contributed by atoms with E-state index in [1.807, 2.05) is 88.5 Å². The number of anilines is 1. The number of nitrogens with one attached hydrogen (secondary N) is 1. The first kappa shape index (κ1) is 21.0. The van der Waals surface area contributed by atoms with Crippen molar-refractivity contribution in [2.45, 2.75) is 50.6 Å². The first-order chi connectivity index (χ1) is 12.3. The summed E-state index contributed by atoms with van der Waals surface area (Å²) >= 11 is 1.67. The Morgan fingerprint density at radius 1 is 0.885 bits per heavy atom. The summed E-state index contributed by atoms with van der Waals surface area (Å²) in [6.45, 7) is 7.47. The molecule has 2 aromatic rings. The molecule has 0 aliphatic rings. The van der Waals surface area contributed by atoms with Crippen LogP contribution in [0.5, 0.6) is 0 Å². The van der Waals surface area contributed by atoms with Gasteiger partial charge in [0.1, 0.15) is 0 Å². The number of thioether (sulfide) groups is 1. The van der Waals surface area contributed by atoms with Gasteiger partial charge in [0.05, 0.1) is 12.2 Å². The summed E-state index contributed by atoms with van der Waals surface area (Å²) in [5.41, 5.74) is 1.74. The molecule has 0 spiro atoms. The second kappa shape index (κ2) is 9.61. The number of rotatable bonds is 9. The molecular formula is C20H28NO3PS. The van der Waals surface area contributed by atoms with Crippen LogP contribution in [0, 0.1) is 0 Å². The van der Waals surface area contributed by atoms with Gasteiger partial charge in [-0.2, -0.15) is 0 Å². The van der Waals surface area contributed by atoms with Crippen molar-refractivity contribution < 1.29 is 13.6 Å². The minimum absolute atomic E-state index is 0.217. The largest absolute Gasteiger partial charge is 0.368 e. The molecule has 0 saturated heterocycles. The summed E-state index contributed by atoms with van der Waals surface area (Å²) in [4.78, 5) is 1.15. The van der Waals surface area contributed by atoms with Gasteiger partial charge in [0.15, 0.2) is 5.78 Å². The molecule has 0 radical (unpaired) electrons. The van der Waals surface area contributed by atoms with E-state index < -0.39 is 13.4 Å². The molecule has 2 aromatic carbocycles. The minimum Gasteiger partial charge on any atom is -0.368 e. The maximum absolute atomic E-state index is 13.8. The lowest BCUT2D eigenvalue weighted by molar-refractivity contribution is 0.138. The molecule has 0 aliphatic carbocycles. The summed E-state index contributed by atoms with van der Waals surface area (Å²) in [6, 6.07) is 17.7. The van der Waals surface area contributed by atoms with Crippen LogP contribution in [0.25, 0.3) is 0 Å². The van der Waals surface area contributed by atoms with Crippen LogP contribution in [0.3, 0.4) is 0 Å². The van der Waals surface area contributed by atoms with Crippen molar-refractivity contribution in [3.8, 4) is 0 Å². The molecule has 0 aliphatic heterocycles. The second-order valence-corrected chi connectivity index (χ2v) is 9.43. The molecule has 4 nitrogen and oxygen atoms in total. The highest BCUT2D eigenvalue weighted by molar-refractivity contribution is 7.98. The standard InChI is InChI=1S/C20H28NO3PS/c1-15(2)23-25(22,24-16(3)4)20(21-18-9-7-6-8-10-18)17-11-13-19(26-5)14-12-17/h6-16,20-21H,1-5H3. The van der Waals surface area contributed by atoms with Crippen molar-refractivity contribution in [1.82, 2.24) is 0 Å². The predicted molar refractivity (Wildman–Crippen MR) is 111 cm³/mol. The van der Waals surface area contributed by atoms with E-state index in [1.165, 1.54) is 0 Å². The Morgan fingerprint density at radius 2 is 1.42 bits per heavy atom. The fourth-order valence-electron chi connectivity index (χ4n) is 2.56. The Labute approximate surface area is 161 Å². The summed E-state index contributed by atoms with van der Waals surface area (Å²) < 4.78 is 25.5. The smallest absolute Gasteiger partial charge is 0.357 e. The minimum atomic E-state index is -3.47. The van der Waals surface area contributed by atoms with Crippen LogP contribution in [0.1, 0.15) is 39.0 Å². The molecule has 142 valence electrons. The first-order valence-electron chi connectivity index (χ1n) is 8.76. The van der Waals surface area contributed by atoms with E-state index in [2.05, 4.69) is 5.32 Å². The van der Waals surface area contributed by atoms with Crippen LogP contribution in [-0.4, -0.2) is 18.5 Å². The normalized spacial score (nSPS) is 13.2. The zero-order valence-corrected chi connectivity index (χ0v) is 17.7. The van der Waals surface area contributed by atoms with Crippen LogP contribution >= 0.6 is 19.4 Å². The van der Waals surface area contributed by atoms with E-state index >= 15 is 0 Å². The summed E-state index contributed by atoms with van der Waals surface area (Å²) in [5, 5.41) is 3.36. The lowest BCUT2D eigenvalue weighted by Crippen LogP contribution is -2.19. The lowest BCUT2D eigenvalue weighted by atomic mass is 10.2. The molecule has 26 heavy (non-hydrogen) atoms. The first-order valence-corrected chi connectivity index (χ1v) is 11.6. The maximum atomic E-state index is 13.8. The van der Waals surface area contributed by atoms with Gasteiger partial charge in [-0.05, 0) is 63.8 Å². The Hall–Kier alpha value is -1.26. The van der Waals surface area contributed by atoms with Gasteiger partial charge < -0.3 is 14.4 Å². The van der Waals surface area contributed by atoms with Crippen molar-refractivity contribution in [2.75, 3.05) is 11.6 Å². The third-order valence-corrected chi connectivity index (χ3v) is 6.77. The number of hydrogen-bond donors (Lipinski definition) is 1. The zero-order chi connectivity index (χ0) is 19.2. The van der Waals surface area contributed by atoms with Gasteiger partial charge in [0, 0.05) is 10.6 Å². The van der Waals surface area contributed by atoms with Crippen LogP contribution in [0.15, 0.2) is 59.5 Å². The van der Waals surface area contributed by atoms with Gasteiger partial charge in [-0.1, -0.05) is 30.3 Å². The third-order valence-electron chi connectivity index (χ3n) is 3.54. The van der Waals surface area contributed by atoms with E-state index in [9.17, 15) is 4.57 Å². The highest BCUT2D eigenvalue weighted by Crippen LogP contribution is 2.62. The lowest BCUT2D eigenvalue weighted by Gasteiger charge is -2.31. The molecule has 1 atom stereocenters. The second-order valence-electron chi connectivity index (χ2n) is 6.53. The van der Waals surface area contributed by atoms with Gasteiger partial charge in [0.2, 0.25) is 0 Å². The quantitative estimate of drug-likeness (QED) is 0.386. The molecule has 1 unspecified atom stereocenters. The third kappa shape index (κ3) is 5.88. The molecule has 0 amide bonds. The van der Waals surface area contributed by atoms with Crippen LogP contribution in [-0.2, 0) is 13.6 Å². The van der Waals surface area contributed by atoms with Gasteiger partial charge in [-0.3, -0.25) is 4.57 Å². The predicted octanol–water partition coefficient (Wildman–Crippen LogP) is 6.56. The fraction of sp³-hybridized carbons (Fsp3) is 0.400. The SMILES string of the molecule is CSc1ccc(C(Nc2ccccc2)P(=O)(OC(C)C)OC(C)C)cc1. The summed E-state index contributed by atoms with van der Waals surface area (Å²) in [5.74, 6) is -0.592. The van der Waals surface area contributed by atoms with Crippen molar-refractivity contribution in [3.63, 3.8) is 0 Å². The molecule has 0 saturated carbocycles. The fourth-order valence-corrected chi connectivity index (χ4v) is 5.28. The van der Waals surface area contributed by atoms with E-state index in [0.717, 1.165) is 16.1 Å². The zero-order valence-electron chi connectivity index (χ0n) is 16.0. The maximum Gasteiger partial charge on any atom is 0.357 e. The van der Waals surface area contributed by atoms with Gasteiger partial charge in [-0.25, -0.2) is 0 Å². The van der Waals surface area contributed by atoms with Crippen LogP contribution in [0.2, 0.25) is 0 Å². The summed E-state index contributed by atoms with van der Waals surface area (Å²) in [7, 11) is -3.47. The molecule has 2 rings (SSSR count). The van der Waals surface area contributed by atoms with Crippen molar-refractivity contribution >= 4 is 25.0 Å². The highest BCUT2D eigenvalue weighted by Gasteiger charge is 2.39. The Balaban J connectivity index is 2.46. The van der Waals surface area contributed by atoms with E-state index in [0.29, 0.717) is 0 Å².